The standard InChI is InChI=1S/C11H19F3N2O2.ClH/c1-18-8-10(2-4-15-5-3-10)7-16-9(17)6-11(12,13)14;/h15H,2-8H2,1H3,(H,16,17);1H. The fourth-order valence-corrected chi connectivity index (χ4v) is 2.17. The minimum absolute atomic E-state index is 0. The van der Waals surface area contributed by atoms with Crippen LogP contribution in [0.4, 0.5) is 13.2 Å². The van der Waals surface area contributed by atoms with E-state index in [1.807, 2.05) is 0 Å². The number of halogens is 4. The van der Waals surface area contributed by atoms with Gasteiger partial charge in [-0.1, -0.05) is 0 Å². The first kappa shape index (κ1) is 18.5. The molecule has 1 amide bonds. The first-order chi connectivity index (χ1) is 8.37. The van der Waals surface area contributed by atoms with E-state index in [1.165, 1.54) is 0 Å². The highest BCUT2D eigenvalue weighted by Crippen LogP contribution is 2.28. The van der Waals surface area contributed by atoms with Gasteiger partial charge in [0.1, 0.15) is 6.42 Å². The highest BCUT2D eigenvalue weighted by atomic mass is 35.5. The molecule has 0 unspecified atom stereocenters. The van der Waals surface area contributed by atoms with Crippen molar-refractivity contribution in [1.82, 2.24) is 10.6 Å². The van der Waals surface area contributed by atoms with Crippen LogP contribution >= 0.6 is 12.4 Å². The van der Waals surface area contributed by atoms with E-state index in [-0.39, 0.29) is 24.4 Å². The Balaban J connectivity index is 0.00000324. The van der Waals surface area contributed by atoms with Crippen molar-refractivity contribution in [3.8, 4) is 0 Å². The third-order valence-electron chi connectivity index (χ3n) is 3.14. The molecule has 0 atom stereocenters. The van der Waals surface area contributed by atoms with Gasteiger partial charge in [-0.2, -0.15) is 13.2 Å². The number of hydrogen-bond acceptors (Lipinski definition) is 3. The quantitative estimate of drug-likeness (QED) is 0.809. The third kappa shape index (κ3) is 6.98. The van der Waals surface area contributed by atoms with Crippen LogP contribution in [0.15, 0.2) is 0 Å². The molecule has 0 aromatic heterocycles. The molecule has 0 spiro atoms. The van der Waals surface area contributed by atoms with Crippen LogP contribution in [0.5, 0.6) is 0 Å². The number of carbonyl (C=O) groups is 1. The molecule has 19 heavy (non-hydrogen) atoms. The van der Waals surface area contributed by atoms with Crippen LogP contribution in [0.1, 0.15) is 19.3 Å². The summed E-state index contributed by atoms with van der Waals surface area (Å²) in [5, 5.41) is 5.54. The molecule has 2 N–H and O–H groups in total. The van der Waals surface area contributed by atoms with Gasteiger partial charge in [0.05, 0.1) is 6.61 Å². The number of carbonyl (C=O) groups excluding carboxylic acids is 1. The zero-order chi connectivity index (χ0) is 13.6. The Kier molecular flexibility index (Phi) is 7.69. The maximum absolute atomic E-state index is 12.0. The Labute approximate surface area is 116 Å². The lowest BCUT2D eigenvalue weighted by Crippen LogP contribution is -2.47. The lowest BCUT2D eigenvalue weighted by molar-refractivity contribution is -0.154. The van der Waals surface area contributed by atoms with Gasteiger partial charge in [0, 0.05) is 19.1 Å². The van der Waals surface area contributed by atoms with E-state index in [2.05, 4.69) is 10.6 Å². The third-order valence-corrected chi connectivity index (χ3v) is 3.14. The summed E-state index contributed by atoms with van der Waals surface area (Å²) in [5.74, 6) is -0.975. The van der Waals surface area contributed by atoms with Crippen molar-refractivity contribution >= 4 is 18.3 Å². The molecular weight excluding hydrogens is 285 g/mol. The average Bonchev–Trinajstić information content (AvgIpc) is 2.26. The largest absolute Gasteiger partial charge is 0.397 e. The molecule has 1 saturated heterocycles. The summed E-state index contributed by atoms with van der Waals surface area (Å²) in [4.78, 5) is 11.2. The number of ether oxygens (including phenoxy) is 1. The topological polar surface area (TPSA) is 50.4 Å². The van der Waals surface area contributed by atoms with E-state index in [9.17, 15) is 18.0 Å². The summed E-state index contributed by atoms with van der Waals surface area (Å²) in [5.41, 5.74) is -0.249. The molecule has 0 radical (unpaired) electrons. The van der Waals surface area contributed by atoms with Crippen molar-refractivity contribution in [1.29, 1.82) is 0 Å². The van der Waals surface area contributed by atoms with E-state index >= 15 is 0 Å². The zero-order valence-electron chi connectivity index (χ0n) is 10.8. The fraction of sp³-hybridized carbons (Fsp3) is 0.909. The molecule has 0 aliphatic carbocycles. The molecule has 0 aromatic rings. The number of amides is 1. The molecule has 0 saturated carbocycles. The number of rotatable bonds is 5. The average molecular weight is 305 g/mol. The molecule has 114 valence electrons. The van der Waals surface area contributed by atoms with Crippen molar-refractivity contribution < 1.29 is 22.7 Å². The first-order valence-electron chi connectivity index (χ1n) is 5.90. The minimum atomic E-state index is -4.45. The Morgan fingerprint density at radius 3 is 2.42 bits per heavy atom. The predicted molar refractivity (Wildman–Crippen MR) is 67.3 cm³/mol. The molecule has 1 aliphatic rings. The van der Waals surface area contributed by atoms with Crippen LogP contribution in [0.25, 0.3) is 0 Å². The van der Waals surface area contributed by atoms with Gasteiger partial charge in [-0.05, 0) is 25.9 Å². The van der Waals surface area contributed by atoms with Gasteiger partial charge in [0.2, 0.25) is 5.91 Å². The van der Waals surface area contributed by atoms with Crippen LogP contribution in [-0.4, -0.2) is 45.4 Å². The number of alkyl halides is 3. The highest BCUT2D eigenvalue weighted by molar-refractivity contribution is 5.85. The van der Waals surface area contributed by atoms with Gasteiger partial charge >= 0.3 is 6.18 Å². The van der Waals surface area contributed by atoms with Crippen molar-refractivity contribution in [2.75, 3.05) is 33.4 Å². The first-order valence-corrected chi connectivity index (χ1v) is 5.90. The number of methoxy groups -OCH3 is 1. The van der Waals surface area contributed by atoms with E-state index in [1.54, 1.807) is 7.11 Å². The van der Waals surface area contributed by atoms with Gasteiger partial charge in [0.25, 0.3) is 0 Å². The van der Waals surface area contributed by atoms with E-state index < -0.39 is 18.5 Å². The van der Waals surface area contributed by atoms with Crippen LogP contribution in [0.3, 0.4) is 0 Å². The maximum Gasteiger partial charge on any atom is 0.397 e. The highest BCUT2D eigenvalue weighted by Gasteiger charge is 2.35. The van der Waals surface area contributed by atoms with Crippen LogP contribution in [0.2, 0.25) is 0 Å². The molecule has 4 nitrogen and oxygen atoms in total. The van der Waals surface area contributed by atoms with Crippen molar-refractivity contribution in [3.05, 3.63) is 0 Å². The maximum atomic E-state index is 12.0. The predicted octanol–water partition coefficient (Wildman–Crippen LogP) is 1.49. The number of piperidine rings is 1. The summed E-state index contributed by atoms with van der Waals surface area (Å²) in [6, 6.07) is 0. The Bertz CT molecular complexity index is 276. The fourth-order valence-electron chi connectivity index (χ4n) is 2.17. The molecule has 1 fully saturated rings. The summed E-state index contributed by atoms with van der Waals surface area (Å²) in [7, 11) is 1.56. The molecule has 1 heterocycles. The second-order valence-corrected chi connectivity index (χ2v) is 4.75. The normalized spacial score (nSPS) is 18.5. The molecule has 0 aromatic carbocycles. The molecular formula is C11H20ClF3N2O2. The second kappa shape index (κ2) is 7.91. The SMILES string of the molecule is COCC1(CNC(=O)CC(F)(F)F)CCNCC1.Cl. The number of hydrogen-bond donors (Lipinski definition) is 2. The Morgan fingerprint density at radius 2 is 1.95 bits per heavy atom. The van der Waals surface area contributed by atoms with Gasteiger partial charge < -0.3 is 15.4 Å². The second-order valence-electron chi connectivity index (χ2n) is 4.75. The lowest BCUT2D eigenvalue weighted by atomic mass is 9.79. The van der Waals surface area contributed by atoms with Crippen molar-refractivity contribution in [3.63, 3.8) is 0 Å². The molecule has 1 rings (SSSR count). The van der Waals surface area contributed by atoms with Crippen LogP contribution < -0.4 is 10.6 Å². The van der Waals surface area contributed by atoms with E-state index in [0.29, 0.717) is 6.61 Å². The molecule has 8 heteroatoms. The summed E-state index contributed by atoms with van der Waals surface area (Å²) in [6.07, 6.45) is -4.30. The molecule has 1 aliphatic heterocycles. The number of nitrogens with one attached hydrogen (secondary N) is 2. The summed E-state index contributed by atoms with van der Waals surface area (Å²) < 4.78 is 41.2. The van der Waals surface area contributed by atoms with Crippen molar-refractivity contribution in [2.45, 2.75) is 25.4 Å². The molecule has 0 bridgehead atoms. The monoisotopic (exact) mass is 304 g/mol. The summed E-state index contributed by atoms with van der Waals surface area (Å²) >= 11 is 0. The van der Waals surface area contributed by atoms with Gasteiger partial charge in [-0.3, -0.25) is 4.79 Å². The summed E-state index contributed by atoms with van der Waals surface area (Å²) in [6.45, 7) is 2.26. The Morgan fingerprint density at radius 1 is 1.37 bits per heavy atom. The van der Waals surface area contributed by atoms with Gasteiger partial charge in [-0.25, -0.2) is 0 Å². The van der Waals surface area contributed by atoms with Crippen molar-refractivity contribution in [2.24, 2.45) is 5.41 Å². The van der Waals surface area contributed by atoms with Crippen LogP contribution in [0, 0.1) is 5.41 Å². The van der Waals surface area contributed by atoms with E-state index in [4.69, 9.17) is 4.74 Å². The van der Waals surface area contributed by atoms with Gasteiger partial charge in [0.15, 0.2) is 0 Å². The Hall–Kier alpha value is -0.530. The van der Waals surface area contributed by atoms with E-state index in [0.717, 1.165) is 25.9 Å². The van der Waals surface area contributed by atoms with Gasteiger partial charge in [-0.15, -0.1) is 12.4 Å². The smallest absolute Gasteiger partial charge is 0.384 e. The zero-order valence-corrected chi connectivity index (χ0v) is 11.6. The minimum Gasteiger partial charge on any atom is -0.384 e. The lowest BCUT2D eigenvalue weighted by Gasteiger charge is -2.37. The van der Waals surface area contributed by atoms with Crippen LogP contribution in [-0.2, 0) is 9.53 Å².